The number of carbonyl (C=O) groups is 1. The van der Waals surface area contributed by atoms with Crippen molar-refractivity contribution in [3.63, 3.8) is 0 Å². The van der Waals surface area contributed by atoms with E-state index in [1.807, 2.05) is 105 Å². The molecule has 1 amide bonds. The van der Waals surface area contributed by atoms with E-state index in [4.69, 9.17) is 29.0 Å². The summed E-state index contributed by atoms with van der Waals surface area (Å²) in [7, 11) is 1.99. The van der Waals surface area contributed by atoms with Gasteiger partial charge in [-0.25, -0.2) is 4.79 Å². The molecule has 10 heteroatoms. The van der Waals surface area contributed by atoms with Crippen molar-refractivity contribution in [2.75, 3.05) is 31.1 Å². The SMILES string of the molecule is Cn1nc(-c2ccc(OCc3ccccc3)nc2OCc2ccccc2)c2ccc(N3CCC(OC4CCN(C(=O)OC(C)(C)C)CC4)CC3)cc21. The number of ether oxygens (including phenoxy) is 4. The molecule has 2 saturated heterocycles. The average molecular weight is 704 g/mol. The van der Waals surface area contributed by atoms with E-state index in [1.165, 1.54) is 5.69 Å². The Bertz CT molecular complexity index is 1940. The number of aryl methyl sites for hydroxylation is 1. The van der Waals surface area contributed by atoms with Crippen LogP contribution < -0.4 is 14.4 Å². The van der Waals surface area contributed by atoms with Crippen LogP contribution in [0.5, 0.6) is 11.8 Å². The summed E-state index contributed by atoms with van der Waals surface area (Å²) in [4.78, 5) is 21.5. The highest BCUT2D eigenvalue weighted by Crippen LogP contribution is 2.37. The van der Waals surface area contributed by atoms with Crippen molar-refractivity contribution in [3.8, 4) is 23.0 Å². The van der Waals surface area contributed by atoms with E-state index in [9.17, 15) is 4.79 Å². The summed E-state index contributed by atoms with van der Waals surface area (Å²) in [6.45, 7) is 9.69. The molecule has 10 nitrogen and oxygen atoms in total. The van der Waals surface area contributed by atoms with Gasteiger partial charge in [-0.1, -0.05) is 60.7 Å². The first kappa shape index (κ1) is 35.3. The third-order valence-electron chi connectivity index (χ3n) is 9.66. The highest BCUT2D eigenvalue weighted by atomic mass is 16.6. The van der Waals surface area contributed by atoms with Gasteiger partial charge in [-0.05, 0) is 81.8 Å². The third-order valence-corrected chi connectivity index (χ3v) is 9.66. The molecule has 0 saturated carbocycles. The standard InChI is InChI=1S/C42H49N5O5/c1-42(2,3)52-41(48)47-25-21-34(22-26-47)51-33-19-23-46(24-20-33)32-15-16-35-37(27-32)45(4)44-39(35)36-17-18-38(49-28-30-11-7-5-8-12-30)43-40(36)50-29-31-13-9-6-10-14-31/h5-18,27,33-34H,19-26,28-29H2,1-4H3. The average Bonchev–Trinajstić information content (AvgIpc) is 3.49. The number of anilines is 1. The molecule has 272 valence electrons. The summed E-state index contributed by atoms with van der Waals surface area (Å²) >= 11 is 0. The Hall–Kier alpha value is -5.09. The summed E-state index contributed by atoms with van der Waals surface area (Å²) < 4.78 is 26.5. The topological polar surface area (TPSA) is 91.2 Å². The molecule has 0 atom stereocenters. The summed E-state index contributed by atoms with van der Waals surface area (Å²) in [5.74, 6) is 0.980. The second-order valence-corrected chi connectivity index (χ2v) is 14.7. The van der Waals surface area contributed by atoms with Crippen LogP contribution in [0.15, 0.2) is 91.0 Å². The normalized spacial score (nSPS) is 15.9. The van der Waals surface area contributed by atoms with E-state index in [2.05, 4.69) is 23.1 Å². The minimum atomic E-state index is -0.481. The zero-order valence-corrected chi connectivity index (χ0v) is 30.7. The molecule has 0 unspecified atom stereocenters. The van der Waals surface area contributed by atoms with E-state index in [0.29, 0.717) is 38.1 Å². The number of likely N-dealkylation sites (tertiary alicyclic amines) is 1. The lowest BCUT2D eigenvalue weighted by molar-refractivity contribution is -0.0535. The molecule has 3 aromatic carbocycles. The van der Waals surface area contributed by atoms with Crippen molar-refractivity contribution >= 4 is 22.7 Å². The van der Waals surface area contributed by atoms with Crippen LogP contribution in [0.3, 0.4) is 0 Å². The maximum atomic E-state index is 12.5. The number of fused-ring (bicyclic) bond motifs is 1. The molecule has 2 aliphatic rings. The minimum Gasteiger partial charge on any atom is -0.473 e. The fourth-order valence-electron chi connectivity index (χ4n) is 6.92. The van der Waals surface area contributed by atoms with E-state index in [0.717, 1.165) is 72.1 Å². The van der Waals surface area contributed by atoms with Crippen LogP contribution in [-0.4, -0.2) is 69.7 Å². The van der Waals surface area contributed by atoms with Crippen molar-refractivity contribution in [1.82, 2.24) is 19.7 Å². The van der Waals surface area contributed by atoms with Gasteiger partial charge in [0.2, 0.25) is 11.8 Å². The molecular weight excluding hydrogens is 654 g/mol. The zero-order valence-electron chi connectivity index (χ0n) is 30.7. The number of amides is 1. The number of pyridine rings is 1. The Morgan fingerprint density at radius 3 is 2.02 bits per heavy atom. The molecule has 52 heavy (non-hydrogen) atoms. The fourth-order valence-corrected chi connectivity index (χ4v) is 6.92. The molecule has 4 heterocycles. The van der Waals surface area contributed by atoms with Crippen LogP contribution in [0.2, 0.25) is 0 Å². The van der Waals surface area contributed by atoms with Gasteiger partial charge in [0.15, 0.2) is 0 Å². The first-order chi connectivity index (χ1) is 25.2. The van der Waals surface area contributed by atoms with Crippen LogP contribution in [0.1, 0.15) is 57.6 Å². The molecular formula is C42H49N5O5. The van der Waals surface area contributed by atoms with Crippen LogP contribution in [0.25, 0.3) is 22.2 Å². The summed E-state index contributed by atoms with van der Waals surface area (Å²) in [6, 6.07) is 30.6. The van der Waals surface area contributed by atoms with Crippen molar-refractivity contribution < 1.29 is 23.7 Å². The molecule has 0 N–H and O–H groups in total. The van der Waals surface area contributed by atoms with Gasteiger partial charge < -0.3 is 28.7 Å². The number of aromatic nitrogens is 3. The van der Waals surface area contributed by atoms with E-state index in [1.54, 1.807) is 4.90 Å². The Balaban J connectivity index is 1.01. The highest BCUT2D eigenvalue weighted by Gasteiger charge is 2.30. The number of carbonyl (C=O) groups excluding carboxylic acids is 1. The smallest absolute Gasteiger partial charge is 0.410 e. The van der Waals surface area contributed by atoms with Gasteiger partial charge in [0.1, 0.15) is 24.5 Å². The fraction of sp³-hybridized carbons (Fsp3) is 0.405. The van der Waals surface area contributed by atoms with Crippen LogP contribution in [0, 0.1) is 0 Å². The van der Waals surface area contributed by atoms with E-state index < -0.39 is 5.60 Å². The van der Waals surface area contributed by atoms with Crippen molar-refractivity contribution in [2.24, 2.45) is 7.05 Å². The lowest BCUT2D eigenvalue weighted by Gasteiger charge is -2.38. The van der Waals surface area contributed by atoms with Gasteiger partial charge in [0.05, 0.1) is 23.3 Å². The number of benzene rings is 3. The molecule has 0 aliphatic carbocycles. The second kappa shape index (κ2) is 15.7. The quantitative estimate of drug-likeness (QED) is 0.144. The highest BCUT2D eigenvalue weighted by molar-refractivity contribution is 5.96. The number of hydrogen-bond donors (Lipinski definition) is 0. The lowest BCUT2D eigenvalue weighted by Crippen LogP contribution is -2.45. The van der Waals surface area contributed by atoms with Gasteiger partial charge in [0.25, 0.3) is 0 Å². The zero-order chi connectivity index (χ0) is 36.1. The Labute approximate surface area is 306 Å². The van der Waals surface area contributed by atoms with Crippen LogP contribution in [-0.2, 0) is 29.7 Å². The maximum absolute atomic E-state index is 12.5. The first-order valence-electron chi connectivity index (χ1n) is 18.4. The Kier molecular flexibility index (Phi) is 10.6. The van der Waals surface area contributed by atoms with Crippen molar-refractivity contribution in [3.05, 3.63) is 102 Å². The molecule has 5 aromatic rings. The molecule has 7 rings (SSSR count). The van der Waals surface area contributed by atoms with Gasteiger partial charge in [-0.15, -0.1) is 0 Å². The molecule has 2 aliphatic heterocycles. The predicted molar refractivity (Wildman–Crippen MR) is 203 cm³/mol. The number of rotatable bonds is 10. The van der Waals surface area contributed by atoms with Gasteiger partial charge in [0, 0.05) is 50.4 Å². The second-order valence-electron chi connectivity index (χ2n) is 14.7. The lowest BCUT2D eigenvalue weighted by atomic mass is 10.0. The molecule has 0 radical (unpaired) electrons. The summed E-state index contributed by atoms with van der Waals surface area (Å²) in [5.41, 5.74) is 5.50. The van der Waals surface area contributed by atoms with E-state index >= 15 is 0 Å². The van der Waals surface area contributed by atoms with Gasteiger partial charge in [-0.3, -0.25) is 4.68 Å². The number of nitrogens with zero attached hydrogens (tertiary/aromatic N) is 5. The Morgan fingerprint density at radius 2 is 1.38 bits per heavy atom. The molecule has 0 bridgehead atoms. The third kappa shape index (κ3) is 8.67. The van der Waals surface area contributed by atoms with Gasteiger partial charge >= 0.3 is 6.09 Å². The van der Waals surface area contributed by atoms with Crippen molar-refractivity contribution in [2.45, 2.75) is 77.5 Å². The summed E-state index contributed by atoms with van der Waals surface area (Å²) in [5, 5.41) is 6.01. The Morgan fingerprint density at radius 1 is 0.769 bits per heavy atom. The first-order valence-corrected chi connectivity index (χ1v) is 18.4. The molecule has 0 spiro atoms. The van der Waals surface area contributed by atoms with E-state index in [-0.39, 0.29) is 18.3 Å². The molecule has 2 fully saturated rings. The molecule has 2 aromatic heterocycles. The minimum absolute atomic E-state index is 0.181. The van der Waals surface area contributed by atoms with Crippen LogP contribution in [0.4, 0.5) is 10.5 Å². The monoisotopic (exact) mass is 703 g/mol. The summed E-state index contributed by atoms with van der Waals surface area (Å²) in [6.07, 6.45) is 3.80. The van der Waals surface area contributed by atoms with Crippen LogP contribution >= 0.6 is 0 Å². The predicted octanol–water partition coefficient (Wildman–Crippen LogP) is 8.18. The van der Waals surface area contributed by atoms with Gasteiger partial charge in [-0.2, -0.15) is 10.1 Å². The maximum Gasteiger partial charge on any atom is 0.410 e. The number of hydrogen-bond acceptors (Lipinski definition) is 8. The van der Waals surface area contributed by atoms with Crippen molar-refractivity contribution in [1.29, 1.82) is 0 Å². The largest absolute Gasteiger partial charge is 0.473 e. The number of piperidine rings is 2.